The van der Waals surface area contributed by atoms with Crippen molar-refractivity contribution < 1.29 is 14.3 Å². The third-order valence-electron chi connectivity index (χ3n) is 5.72. The summed E-state index contributed by atoms with van der Waals surface area (Å²) in [4.78, 5) is 26.1. The lowest BCUT2D eigenvalue weighted by Gasteiger charge is -2.37. The summed E-state index contributed by atoms with van der Waals surface area (Å²) < 4.78 is 6.11. The highest BCUT2D eigenvalue weighted by molar-refractivity contribution is 14.1. The number of carbonyl (C=O) groups excluding carboxylic acids is 2. The Bertz CT molecular complexity index is 1040. The molecule has 1 aliphatic heterocycles. The SMILES string of the molecule is COC(=O)C1=C(C)NC2=C(C(=O)C[C@@H](c3ccccc3)C2)[C@@H]1c1ccccc1I. The van der Waals surface area contributed by atoms with Gasteiger partial charge in [0, 0.05) is 32.9 Å². The van der Waals surface area contributed by atoms with Crippen LogP contribution in [0.5, 0.6) is 0 Å². The Kier molecular flexibility index (Phi) is 5.58. The number of hydrogen-bond donors (Lipinski definition) is 1. The third-order valence-corrected chi connectivity index (χ3v) is 6.70. The van der Waals surface area contributed by atoms with Gasteiger partial charge in [0.25, 0.3) is 0 Å². The van der Waals surface area contributed by atoms with Crippen molar-refractivity contribution >= 4 is 34.3 Å². The monoisotopic (exact) mass is 499 g/mol. The first-order chi connectivity index (χ1) is 14.0. The van der Waals surface area contributed by atoms with Gasteiger partial charge in [0.1, 0.15) is 0 Å². The van der Waals surface area contributed by atoms with Crippen LogP contribution in [0.15, 0.2) is 77.1 Å². The maximum atomic E-state index is 13.4. The predicted octanol–water partition coefficient (Wildman–Crippen LogP) is 4.83. The summed E-state index contributed by atoms with van der Waals surface area (Å²) in [6, 6.07) is 18.1. The fraction of sp³-hybridized carbons (Fsp3) is 0.250. The zero-order valence-corrected chi connectivity index (χ0v) is 18.5. The van der Waals surface area contributed by atoms with E-state index in [-0.39, 0.29) is 11.7 Å². The van der Waals surface area contributed by atoms with Gasteiger partial charge < -0.3 is 10.1 Å². The second-order valence-corrected chi connectivity index (χ2v) is 8.60. The lowest BCUT2D eigenvalue weighted by Crippen LogP contribution is -2.36. The quantitative estimate of drug-likeness (QED) is 0.486. The number of hydrogen-bond acceptors (Lipinski definition) is 4. The van der Waals surface area contributed by atoms with Crippen LogP contribution in [-0.2, 0) is 14.3 Å². The van der Waals surface area contributed by atoms with E-state index in [0.717, 1.165) is 26.9 Å². The van der Waals surface area contributed by atoms with E-state index in [1.165, 1.54) is 12.7 Å². The number of methoxy groups -OCH3 is 1. The summed E-state index contributed by atoms with van der Waals surface area (Å²) in [6.07, 6.45) is 1.19. The minimum atomic E-state index is -0.406. The van der Waals surface area contributed by atoms with Gasteiger partial charge in [-0.1, -0.05) is 48.5 Å². The molecular formula is C24H22INO3. The van der Waals surface area contributed by atoms with Crippen molar-refractivity contribution in [3.8, 4) is 0 Å². The second-order valence-electron chi connectivity index (χ2n) is 7.44. The molecule has 2 atom stereocenters. The van der Waals surface area contributed by atoms with Gasteiger partial charge in [-0.2, -0.15) is 0 Å². The Hall–Kier alpha value is -2.41. The number of dihydropyridines is 1. The average molecular weight is 499 g/mol. The first-order valence-electron chi connectivity index (χ1n) is 9.63. The molecule has 0 bridgehead atoms. The largest absolute Gasteiger partial charge is 0.466 e. The molecule has 148 valence electrons. The molecule has 2 aromatic rings. The number of benzene rings is 2. The van der Waals surface area contributed by atoms with Crippen molar-refractivity contribution in [2.24, 2.45) is 0 Å². The van der Waals surface area contributed by atoms with E-state index in [2.05, 4.69) is 40.0 Å². The van der Waals surface area contributed by atoms with Crippen LogP contribution >= 0.6 is 22.6 Å². The van der Waals surface area contributed by atoms with E-state index in [9.17, 15) is 9.59 Å². The summed E-state index contributed by atoms with van der Waals surface area (Å²) in [5.41, 5.74) is 5.02. The van der Waals surface area contributed by atoms with Gasteiger partial charge in [-0.3, -0.25) is 4.79 Å². The number of esters is 1. The van der Waals surface area contributed by atoms with Gasteiger partial charge in [0.15, 0.2) is 5.78 Å². The Morgan fingerprint density at radius 3 is 2.45 bits per heavy atom. The number of halogens is 1. The minimum absolute atomic E-state index is 0.0890. The fourth-order valence-electron chi connectivity index (χ4n) is 4.40. The number of ketones is 1. The molecule has 0 saturated heterocycles. The smallest absolute Gasteiger partial charge is 0.336 e. The molecule has 0 fully saturated rings. The topological polar surface area (TPSA) is 55.4 Å². The maximum absolute atomic E-state index is 13.4. The molecule has 4 rings (SSSR count). The van der Waals surface area contributed by atoms with E-state index >= 15 is 0 Å². The highest BCUT2D eigenvalue weighted by Gasteiger charge is 2.41. The van der Waals surface area contributed by atoms with Gasteiger partial charge in [0.2, 0.25) is 0 Å². The van der Waals surface area contributed by atoms with Crippen molar-refractivity contribution in [3.63, 3.8) is 0 Å². The van der Waals surface area contributed by atoms with Gasteiger partial charge in [0.05, 0.1) is 12.7 Å². The number of ether oxygens (including phenoxy) is 1. The molecule has 0 spiro atoms. The molecular weight excluding hydrogens is 477 g/mol. The van der Waals surface area contributed by atoms with E-state index in [0.29, 0.717) is 17.6 Å². The molecule has 0 amide bonds. The number of nitrogens with one attached hydrogen (secondary N) is 1. The summed E-state index contributed by atoms with van der Waals surface area (Å²) in [7, 11) is 1.38. The number of rotatable bonds is 3. The van der Waals surface area contributed by atoms with Crippen molar-refractivity contribution in [2.75, 3.05) is 7.11 Å². The Balaban J connectivity index is 1.84. The highest BCUT2D eigenvalue weighted by Crippen LogP contribution is 2.46. The van der Waals surface area contributed by atoms with Crippen LogP contribution in [-0.4, -0.2) is 18.9 Å². The van der Waals surface area contributed by atoms with Gasteiger partial charge in [-0.05, 0) is 59.0 Å². The molecule has 4 nitrogen and oxygen atoms in total. The molecule has 29 heavy (non-hydrogen) atoms. The van der Waals surface area contributed by atoms with Crippen LogP contribution in [0.1, 0.15) is 42.7 Å². The molecule has 2 aliphatic rings. The van der Waals surface area contributed by atoms with E-state index in [1.54, 1.807) is 0 Å². The number of Topliss-reactive ketones (excluding diaryl/α,β-unsaturated/α-hetero) is 1. The van der Waals surface area contributed by atoms with Crippen LogP contribution in [0.4, 0.5) is 0 Å². The maximum Gasteiger partial charge on any atom is 0.336 e. The summed E-state index contributed by atoms with van der Waals surface area (Å²) in [5.74, 6) is -0.579. The highest BCUT2D eigenvalue weighted by atomic mass is 127. The fourth-order valence-corrected chi connectivity index (χ4v) is 5.10. The van der Waals surface area contributed by atoms with Crippen molar-refractivity contribution in [3.05, 3.63) is 91.8 Å². The number of allylic oxidation sites excluding steroid dienone is 3. The Morgan fingerprint density at radius 2 is 1.76 bits per heavy atom. The lowest BCUT2D eigenvalue weighted by molar-refractivity contribution is -0.136. The summed E-state index contributed by atoms with van der Waals surface area (Å²) in [5, 5.41) is 3.37. The standard InChI is InChI=1S/C24H22INO3/c1-14-21(24(28)29-2)22(17-10-6-7-11-18(17)25)23-19(26-14)12-16(13-20(23)27)15-8-4-3-5-9-15/h3-11,16,22,26H,12-13H2,1-2H3/t16-,22+/m0/s1. The number of carbonyl (C=O) groups is 2. The molecule has 0 unspecified atom stereocenters. The minimum Gasteiger partial charge on any atom is -0.466 e. The molecule has 5 heteroatoms. The normalized spacial score (nSPS) is 21.6. The van der Waals surface area contributed by atoms with Crippen LogP contribution in [0.2, 0.25) is 0 Å². The van der Waals surface area contributed by atoms with Crippen molar-refractivity contribution in [1.29, 1.82) is 0 Å². The second kappa shape index (κ2) is 8.14. The van der Waals surface area contributed by atoms with E-state index < -0.39 is 11.9 Å². The van der Waals surface area contributed by atoms with Gasteiger partial charge in [-0.25, -0.2) is 4.79 Å². The average Bonchev–Trinajstić information content (AvgIpc) is 2.73. The van der Waals surface area contributed by atoms with Crippen LogP contribution in [0.25, 0.3) is 0 Å². The molecule has 0 saturated carbocycles. The predicted molar refractivity (Wildman–Crippen MR) is 120 cm³/mol. The Morgan fingerprint density at radius 1 is 1.07 bits per heavy atom. The molecule has 1 heterocycles. The first-order valence-corrected chi connectivity index (χ1v) is 10.7. The summed E-state index contributed by atoms with van der Waals surface area (Å²) >= 11 is 2.27. The molecule has 1 aliphatic carbocycles. The van der Waals surface area contributed by atoms with Crippen LogP contribution in [0.3, 0.4) is 0 Å². The zero-order chi connectivity index (χ0) is 20.5. The van der Waals surface area contributed by atoms with E-state index in [4.69, 9.17) is 4.74 Å². The zero-order valence-electron chi connectivity index (χ0n) is 16.4. The molecule has 0 radical (unpaired) electrons. The molecule has 1 N–H and O–H groups in total. The Labute approximate surface area is 184 Å². The molecule has 2 aromatic carbocycles. The lowest BCUT2D eigenvalue weighted by atomic mass is 9.72. The summed E-state index contributed by atoms with van der Waals surface area (Å²) in [6.45, 7) is 1.88. The van der Waals surface area contributed by atoms with Crippen LogP contribution < -0.4 is 5.32 Å². The molecule has 0 aromatic heterocycles. The van der Waals surface area contributed by atoms with Crippen molar-refractivity contribution in [1.82, 2.24) is 5.32 Å². The van der Waals surface area contributed by atoms with Crippen molar-refractivity contribution in [2.45, 2.75) is 31.6 Å². The van der Waals surface area contributed by atoms with Gasteiger partial charge >= 0.3 is 5.97 Å². The van der Waals surface area contributed by atoms with Crippen LogP contribution in [0, 0.1) is 3.57 Å². The third kappa shape index (κ3) is 3.64. The first kappa shape index (κ1) is 19.9. The van der Waals surface area contributed by atoms with E-state index in [1.807, 2.05) is 49.4 Å². The van der Waals surface area contributed by atoms with Gasteiger partial charge in [-0.15, -0.1) is 0 Å².